The SMILES string of the molecule is CC(N)C(=O)NC1CCN(Cc2ccc(Cl)cc2)CC1.Cl. The van der Waals surface area contributed by atoms with Gasteiger partial charge in [0.25, 0.3) is 0 Å². The number of piperidine rings is 1. The number of hydrogen-bond donors (Lipinski definition) is 2. The Hall–Kier alpha value is -0.810. The molecule has 0 saturated carbocycles. The molecule has 0 spiro atoms. The van der Waals surface area contributed by atoms with Crippen LogP contribution in [0.2, 0.25) is 5.02 Å². The van der Waals surface area contributed by atoms with Crippen molar-refractivity contribution >= 4 is 29.9 Å². The average molecular weight is 332 g/mol. The molecular weight excluding hydrogens is 309 g/mol. The Morgan fingerprint density at radius 3 is 2.48 bits per heavy atom. The third-order valence-corrected chi connectivity index (χ3v) is 3.92. The standard InChI is InChI=1S/C15H22ClN3O.ClH/c1-11(17)15(20)18-14-6-8-19(9-7-14)10-12-2-4-13(16)5-3-12;/h2-5,11,14H,6-10,17H2,1H3,(H,18,20);1H. The number of rotatable bonds is 4. The van der Waals surface area contributed by atoms with Crippen LogP contribution in [0.4, 0.5) is 0 Å². The summed E-state index contributed by atoms with van der Waals surface area (Å²) in [4.78, 5) is 14.0. The van der Waals surface area contributed by atoms with E-state index in [1.165, 1.54) is 5.56 Å². The van der Waals surface area contributed by atoms with E-state index in [1.54, 1.807) is 6.92 Å². The maximum Gasteiger partial charge on any atom is 0.236 e. The van der Waals surface area contributed by atoms with Gasteiger partial charge in [0.05, 0.1) is 6.04 Å². The minimum atomic E-state index is -0.429. The molecule has 0 aromatic heterocycles. The second-order valence-electron chi connectivity index (χ2n) is 5.47. The predicted molar refractivity (Wildman–Crippen MR) is 88.8 cm³/mol. The van der Waals surface area contributed by atoms with Crippen LogP contribution in [0.15, 0.2) is 24.3 Å². The van der Waals surface area contributed by atoms with Gasteiger partial charge in [-0.25, -0.2) is 0 Å². The molecule has 1 atom stereocenters. The fraction of sp³-hybridized carbons (Fsp3) is 0.533. The van der Waals surface area contributed by atoms with Crippen LogP contribution in [0.25, 0.3) is 0 Å². The first-order valence-corrected chi connectivity index (χ1v) is 7.45. The van der Waals surface area contributed by atoms with Crippen molar-refractivity contribution in [3.8, 4) is 0 Å². The highest BCUT2D eigenvalue weighted by Crippen LogP contribution is 2.15. The van der Waals surface area contributed by atoms with Gasteiger partial charge in [-0.15, -0.1) is 12.4 Å². The summed E-state index contributed by atoms with van der Waals surface area (Å²) in [7, 11) is 0. The van der Waals surface area contributed by atoms with Crippen molar-refractivity contribution < 1.29 is 4.79 Å². The van der Waals surface area contributed by atoms with Crippen LogP contribution in [0.1, 0.15) is 25.3 Å². The number of nitrogens with zero attached hydrogens (tertiary/aromatic N) is 1. The second kappa shape index (κ2) is 8.59. The smallest absolute Gasteiger partial charge is 0.236 e. The monoisotopic (exact) mass is 331 g/mol. The van der Waals surface area contributed by atoms with Crippen molar-refractivity contribution in [3.05, 3.63) is 34.9 Å². The maximum absolute atomic E-state index is 11.6. The van der Waals surface area contributed by atoms with Gasteiger partial charge in [-0.2, -0.15) is 0 Å². The largest absolute Gasteiger partial charge is 0.352 e. The molecule has 0 radical (unpaired) electrons. The van der Waals surface area contributed by atoms with Crippen molar-refractivity contribution in [2.75, 3.05) is 13.1 Å². The fourth-order valence-electron chi connectivity index (χ4n) is 2.42. The van der Waals surface area contributed by atoms with Gasteiger partial charge in [-0.05, 0) is 37.5 Å². The highest BCUT2D eigenvalue weighted by Gasteiger charge is 2.21. The summed E-state index contributed by atoms with van der Waals surface area (Å²) in [5.74, 6) is -0.0545. The van der Waals surface area contributed by atoms with E-state index in [0.29, 0.717) is 0 Å². The Balaban J connectivity index is 0.00000220. The van der Waals surface area contributed by atoms with Gasteiger partial charge >= 0.3 is 0 Å². The number of hydrogen-bond acceptors (Lipinski definition) is 3. The third-order valence-electron chi connectivity index (χ3n) is 3.67. The first kappa shape index (κ1) is 18.2. The maximum atomic E-state index is 11.6. The normalized spacial score (nSPS) is 17.9. The van der Waals surface area contributed by atoms with E-state index in [2.05, 4.69) is 22.3 Å². The summed E-state index contributed by atoms with van der Waals surface area (Å²) in [6.45, 7) is 4.63. The van der Waals surface area contributed by atoms with Gasteiger partial charge < -0.3 is 11.1 Å². The zero-order chi connectivity index (χ0) is 14.5. The van der Waals surface area contributed by atoms with Crippen LogP contribution >= 0.6 is 24.0 Å². The summed E-state index contributed by atoms with van der Waals surface area (Å²) in [6, 6.07) is 7.80. The zero-order valence-corrected chi connectivity index (χ0v) is 13.8. The molecule has 4 nitrogen and oxygen atoms in total. The number of amides is 1. The van der Waals surface area contributed by atoms with Crippen LogP contribution in [-0.4, -0.2) is 36.0 Å². The molecule has 118 valence electrons. The molecule has 1 aromatic rings. The minimum Gasteiger partial charge on any atom is -0.352 e. The average Bonchev–Trinajstić information content (AvgIpc) is 2.43. The summed E-state index contributed by atoms with van der Waals surface area (Å²) >= 11 is 5.88. The van der Waals surface area contributed by atoms with E-state index in [4.69, 9.17) is 17.3 Å². The summed E-state index contributed by atoms with van der Waals surface area (Å²) in [5.41, 5.74) is 6.83. The van der Waals surface area contributed by atoms with Crippen molar-refractivity contribution in [1.29, 1.82) is 0 Å². The number of carbonyl (C=O) groups excluding carboxylic acids is 1. The van der Waals surface area contributed by atoms with Crippen LogP contribution in [0.3, 0.4) is 0 Å². The second-order valence-corrected chi connectivity index (χ2v) is 5.91. The van der Waals surface area contributed by atoms with Crippen molar-refractivity contribution in [2.45, 2.75) is 38.4 Å². The number of benzene rings is 1. The zero-order valence-electron chi connectivity index (χ0n) is 12.2. The lowest BCUT2D eigenvalue weighted by Crippen LogP contribution is -2.48. The molecule has 1 unspecified atom stereocenters. The van der Waals surface area contributed by atoms with Crippen LogP contribution < -0.4 is 11.1 Å². The molecule has 1 aliphatic heterocycles. The molecule has 1 heterocycles. The lowest BCUT2D eigenvalue weighted by molar-refractivity contribution is -0.123. The number of nitrogens with one attached hydrogen (secondary N) is 1. The van der Waals surface area contributed by atoms with Crippen molar-refractivity contribution in [2.24, 2.45) is 5.73 Å². The van der Waals surface area contributed by atoms with Crippen LogP contribution in [0.5, 0.6) is 0 Å². The quantitative estimate of drug-likeness (QED) is 0.889. The van der Waals surface area contributed by atoms with Gasteiger partial charge in [0.1, 0.15) is 0 Å². The molecule has 1 amide bonds. The Kier molecular flexibility index (Phi) is 7.46. The van der Waals surface area contributed by atoms with Crippen molar-refractivity contribution in [3.63, 3.8) is 0 Å². The van der Waals surface area contributed by atoms with Crippen LogP contribution in [0, 0.1) is 0 Å². The lowest BCUT2D eigenvalue weighted by atomic mass is 10.0. The van der Waals surface area contributed by atoms with Crippen molar-refractivity contribution in [1.82, 2.24) is 10.2 Å². The van der Waals surface area contributed by atoms with Gasteiger partial charge in [0, 0.05) is 30.7 Å². The number of halogens is 2. The molecular formula is C15H23Cl2N3O. The molecule has 0 bridgehead atoms. The minimum absolute atomic E-state index is 0. The van der Waals surface area contributed by atoms with Gasteiger partial charge in [-0.3, -0.25) is 9.69 Å². The first-order valence-electron chi connectivity index (χ1n) is 7.07. The van der Waals surface area contributed by atoms with E-state index in [1.807, 2.05) is 12.1 Å². The highest BCUT2D eigenvalue weighted by molar-refractivity contribution is 6.30. The predicted octanol–water partition coefficient (Wildman–Crippen LogP) is 2.19. The molecule has 1 saturated heterocycles. The lowest BCUT2D eigenvalue weighted by Gasteiger charge is -2.32. The molecule has 21 heavy (non-hydrogen) atoms. The first-order chi connectivity index (χ1) is 9.54. The van der Waals surface area contributed by atoms with Gasteiger partial charge in [0.15, 0.2) is 0 Å². The highest BCUT2D eigenvalue weighted by atomic mass is 35.5. The van der Waals surface area contributed by atoms with Crippen LogP contribution in [-0.2, 0) is 11.3 Å². The molecule has 0 aliphatic carbocycles. The molecule has 1 aliphatic rings. The molecule has 6 heteroatoms. The Morgan fingerprint density at radius 2 is 1.95 bits per heavy atom. The van der Waals surface area contributed by atoms with Gasteiger partial charge in [-0.1, -0.05) is 23.7 Å². The molecule has 1 aromatic carbocycles. The molecule has 2 rings (SSSR count). The molecule has 1 fully saturated rings. The van der Waals surface area contributed by atoms with E-state index in [-0.39, 0.29) is 24.4 Å². The fourth-order valence-corrected chi connectivity index (χ4v) is 2.54. The van der Waals surface area contributed by atoms with Gasteiger partial charge in [0.2, 0.25) is 5.91 Å². The van der Waals surface area contributed by atoms with E-state index < -0.39 is 6.04 Å². The Labute approximate surface area is 137 Å². The Bertz CT molecular complexity index is 443. The van der Waals surface area contributed by atoms with E-state index in [0.717, 1.165) is 37.5 Å². The molecule has 3 N–H and O–H groups in total. The number of carbonyl (C=O) groups is 1. The summed E-state index contributed by atoms with van der Waals surface area (Å²) in [5, 5.41) is 3.77. The topological polar surface area (TPSA) is 58.4 Å². The number of nitrogens with two attached hydrogens (primary N) is 1. The van der Waals surface area contributed by atoms with E-state index in [9.17, 15) is 4.79 Å². The third kappa shape index (κ3) is 5.83. The summed E-state index contributed by atoms with van der Waals surface area (Å²) in [6.07, 6.45) is 1.96. The summed E-state index contributed by atoms with van der Waals surface area (Å²) < 4.78 is 0. The van der Waals surface area contributed by atoms with E-state index >= 15 is 0 Å². The number of likely N-dealkylation sites (tertiary alicyclic amines) is 1. The Morgan fingerprint density at radius 1 is 1.38 bits per heavy atom.